The molecule has 0 unspecified atom stereocenters. The molecule has 0 N–H and O–H groups in total. The lowest BCUT2D eigenvalue weighted by molar-refractivity contribution is 0.106. The van der Waals surface area contributed by atoms with E-state index in [1.165, 1.54) is 43.1 Å². The van der Waals surface area contributed by atoms with Crippen molar-refractivity contribution in [2.75, 3.05) is 39.6 Å². The van der Waals surface area contributed by atoms with Gasteiger partial charge in [0.25, 0.3) is 0 Å². The standard InChI is InChI=1S/C20H12.2C6H16O3Si/c1-5-13-6-2-11-17-18-12-4-8-14-7-3-10-16(20(14)18)15(9-1)19(13)17;2*1-4-7-10(8-5-2)9-6-3/h1-12H;2*10H,4-6H2,1-3H3. The van der Waals surface area contributed by atoms with Crippen LogP contribution in [0.15, 0.2) is 72.8 Å². The van der Waals surface area contributed by atoms with Gasteiger partial charge in [0.1, 0.15) is 0 Å². The van der Waals surface area contributed by atoms with Gasteiger partial charge in [0.15, 0.2) is 0 Å². The first-order valence-corrected chi connectivity index (χ1v) is 17.2. The van der Waals surface area contributed by atoms with Crippen LogP contribution in [0, 0.1) is 0 Å². The normalized spacial score (nSPS) is 11.4. The first-order chi connectivity index (χ1) is 19.6. The van der Waals surface area contributed by atoms with Gasteiger partial charge >= 0.3 is 19.1 Å². The zero-order valence-electron chi connectivity index (χ0n) is 24.8. The maximum Gasteiger partial charge on any atom is 0.484 e. The molecule has 0 aliphatic carbocycles. The second-order valence-electron chi connectivity index (χ2n) is 8.73. The average Bonchev–Trinajstić information content (AvgIpc) is 2.97. The predicted molar refractivity (Wildman–Crippen MR) is 172 cm³/mol. The molecule has 5 aromatic carbocycles. The summed E-state index contributed by atoms with van der Waals surface area (Å²) in [7, 11) is -3.47. The zero-order chi connectivity index (χ0) is 28.7. The highest BCUT2D eigenvalue weighted by Gasteiger charge is 2.13. The number of rotatable bonds is 12. The molecule has 0 amide bonds. The van der Waals surface area contributed by atoms with Crippen LogP contribution in [0.4, 0.5) is 0 Å². The van der Waals surface area contributed by atoms with Crippen LogP contribution in [0.5, 0.6) is 0 Å². The Kier molecular flexibility index (Phi) is 14.0. The molecule has 0 saturated heterocycles. The Morgan fingerprint density at radius 1 is 0.375 bits per heavy atom. The minimum atomic E-state index is -1.73. The molecule has 0 fully saturated rings. The minimum Gasteiger partial charge on any atom is -0.376 e. The quantitative estimate of drug-likeness (QED) is 0.0873. The molecule has 0 saturated carbocycles. The van der Waals surface area contributed by atoms with Crippen LogP contribution in [0.3, 0.4) is 0 Å². The third kappa shape index (κ3) is 8.31. The Hall–Kier alpha value is -2.41. The molecule has 5 aromatic rings. The highest BCUT2D eigenvalue weighted by Crippen LogP contribution is 2.39. The van der Waals surface area contributed by atoms with E-state index >= 15 is 0 Å². The summed E-state index contributed by atoms with van der Waals surface area (Å²) in [6, 6.07) is 26.4. The molecule has 0 radical (unpaired) electrons. The van der Waals surface area contributed by atoms with E-state index in [9.17, 15) is 0 Å². The van der Waals surface area contributed by atoms with Gasteiger partial charge in [-0.25, -0.2) is 0 Å². The lowest BCUT2D eigenvalue weighted by atomic mass is 9.90. The molecule has 216 valence electrons. The molecule has 0 heterocycles. The van der Waals surface area contributed by atoms with Gasteiger partial charge in [0, 0.05) is 39.6 Å². The Balaban J connectivity index is 0.000000189. The molecule has 0 aliphatic rings. The van der Waals surface area contributed by atoms with Gasteiger partial charge in [-0.2, -0.15) is 0 Å². The van der Waals surface area contributed by atoms with Gasteiger partial charge in [-0.15, -0.1) is 0 Å². The maximum absolute atomic E-state index is 5.22. The molecule has 0 spiro atoms. The van der Waals surface area contributed by atoms with Crippen LogP contribution in [0.25, 0.3) is 43.1 Å². The molecule has 8 heteroatoms. The Morgan fingerprint density at radius 2 is 0.600 bits per heavy atom. The molecule has 0 atom stereocenters. The summed E-state index contributed by atoms with van der Waals surface area (Å²) in [6.45, 7) is 15.7. The molecule has 6 nitrogen and oxygen atoms in total. The number of benzene rings is 5. The van der Waals surface area contributed by atoms with Crippen LogP contribution < -0.4 is 0 Å². The van der Waals surface area contributed by atoms with Crippen molar-refractivity contribution in [1.82, 2.24) is 0 Å². The summed E-state index contributed by atoms with van der Waals surface area (Å²) in [5.74, 6) is 0. The van der Waals surface area contributed by atoms with Gasteiger partial charge in [0.2, 0.25) is 0 Å². The van der Waals surface area contributed by atoms with Gasteiger partial charge in [-0.05, 0) is 84.6 Å². The molecule has 0 aromatic heterocycles. The van der Waals surface area contributed by atoms with E-state index in [1.807, 2.05) is 41.5 Å². The van der Waals surface area contributed by atoms with Crippen LogP contribution in [-0.2, 0) is 26.6 Å². The van der Waals surface area contributed by atoms with Crippen molar-refractivity contribution in [1.29, 1.82) is 0 Å². The molecule has 5 rings (SSSR count). The lowest BCUT2D eigenvalue weighted by Crippen LogP contribution is -2.27. The van der Waals surface area contributed by atoms with Crippen molar-refractivity contribution in [3.8, 4) is 0 Å². The highest BCUT2D eigenvalue weighted by atomic mass is 28.3. The van der Waals surface area contributed by atoms with Crippen molar-refractivity contribution in [3.63, 3.8) is 0 Å². The molecule has 0 aliphatic heterocycles. The summed E-state index contributed by atoms with van der Waals surface area (Å²) in [5, 5.41) is 10.9. The van der Waals surface area contributed by atoms with Gasteiger partial charge < -0.3 is 26.6 Å². The number of hydrogen-bond acceptors (Lipinski definition) is 6. The van der Waals surface area contributed by atoms with Gasteiger partial charge in [-0.1, -0.05) is 72.8 Å². The van der Waals surface area contributed by atoms with Crippen molar-refractivity contribution < 1.29 is 26.6 Å². The van der Waals surface area contributed by atoms with Gasteiger partial charge in [0.05, 0.1) is 0 Å². The van der Waals surface area contributed by atoms with Crippen LogP contribution in [0.1, 0.15) is 41.5 Å². The average molecular weight is 581 g/mol. The number of fused-ring (bicyclic) bond motifs is 2. The van der Waals surface area contributed by atoms with E-state index in [4.69, 9.17) is 26.6 Å². The van der Waals surface area contributed by atoms with Crippen LogP contribution in [-0.4, -0.2) is 58.7 Å². The largest absolute Gasteiger partial charge is 0.484 e. The van der Waals surface area contributed by atoms with Crippen molar-refractivity contribution in [3.05, 3.63) is 72.8 Å². The molecule has 0 bridgehead atoms. The fraction of sp³-hybridized carbons (Fsp3) is 0.375. The van der Waals surface area contributed by atoms with E-state index in [2.05, 4.69) is 72.8 Å². The van der Waals surface area contributed by atoms with E-state index in [0.717, 1.165) is 0 Å². The zero-order valence-corrected chi connectivity index (χ0v) is 27.1. The van der Waals surface area contributed by atoms with Crippen molar-refractivity contribution >= 4 is 62.1 Å². The first kappa shape index (κ1) is 32.1. The highest BCUT2D eigenvalue weighted by molar-refractivity contribution is 6.36. The Bertz CT molecular complexity index is 1200. The smallest absolute Gasteiger partial charge is 0.376 e. The van der Waals surface area contributed by atoms with Crippen molar-refractivity contribution in [2.45, 2.75) is 41.5 Å². The van der Waals surface area contributed by atoms with Gasteiger partial charge in [-0.3, -0.25) is 0 Å². The predicted octanol–water partition coefficient (Wildman–Crippen LogP) is 7.36. The SMILES string of the molecule is CCO[SiH](OCC)OCC.CCO[SiH](OCC)OCC.c1cc2cccc3c4cccc5cccc(c(c1)c23)c54. The third-order valence-electron chi connectivity index (χ3n) is 6.21. The van der Waals surface area contributed by atoms with Crippen LogP contribution in [0.2, 0.25) is 0 Å². The summed E-state index contributed by atoms with van der Waals surface area (Å²) in [6.07, 6.45) is 0. The second-order valence-corrected chi connectivity index (χ2v) is 11.9. The van der Waals surface area contributed by atoms with E-state index in [-0.39, 0.29) is 0 Å². The number of hydrogen-bond donors (Lipinski definition) is 0. The Labute approximate surface area is 242 Å². The van der Waals surface area contributed by atoms with E-state index in [1.54, 1.807) is 0 Å². The molecular formula is C32H44O6Si2. The first-order valence-electron chi connectivity index (χ1n) is 14.4. The maximum atomic E-state index is 5.22. The summed E-state index contributed by atoms with van der Waals surface area (Å²) in [4.78, 5) is 0. The summed E-state index contributed by atoms with van der Waals surface area (Å²) >= 11 is 0. The van der Waals surface area contributed by atoms with E-state index < -0.39 is 19.1 Å². The lowest BCUT2D eigenvalue weighted by Gasteiger charge is -2.13. The van der Waals surface area contributed by atoms with Crippen molar-refractivity contribution in [2.24, 2.45) is 0 Å². The molecule has 40 heavy (non-hydrogen) atoms. The fourth-order valence-corrected chi connectivity index (χ4v) is 6.90. The monoisotopic (exact) mass is 580 g/mol. The third-order valence-corrected chi connectivity index (χ3v) is 9.84. The van der Waals surface area contributed by atoms with Crippen LogP contribution >= 0.6 is 0 Å². The summed E-state index contributed by atoms with van der Waals surface area (Å²) < 4.78 is 31.3. The Morgan fingerprint density at radius 3 is 0.800 bits per heavy atom. The molecular weight excluding hydrogens is 537 g/mol. The fourth-order valence-electron chi connectivity index (χ4n) is 4.68. The minimum absolute atomic E-state index is 0.677. The second kappa shape index (κ2) is 17.4. The van der Waals surface area contributed by atoms with E-state index in [0.29, 0.717) is 39.6 Å². The topological polar surface area (TPSA) is 55.4 Å². The summed E-state index contributed by atoms with van der Waals surface area (Å²) in [5.41, 5.74) is 0.